The predicted octanol–water partition coefficient (Wildman–Crippen LogP) is 2.64. The quantitative estimate of drug-likeness (QED) is 0.827. The number of rotatable bonds is 4. The number of thiocarbonyl (C=S) groups is 1. The highest BCUT2D eigenvalue weighted by Crippen LogP contribution is 2.14. The molecule has 3 nitrogen and oxygen atoms in total. The molecule has 18 heavy (non-hydrogen) atoms. The van der Waals surface area contributed by atoms with Gasteiger partial charge in [-0.1, -0.05) is 42.0 Å². The maximum absolute atomic E-state index is 5.64. The maximum atomic E-state index is 5.64. The molecule has 0 amide bonds. The fourth-order valence-corrected chi connectivity index (χ4v) is 1.93. The lowest BCUT2D eigenvalue weighted by Crippen LogP contribution is -2.15. The van der Waals surface area contributed by atoms with Gasteiger partial charge in [-0.3, -0.25) is 4.98 Å². The minimum absolute atomic E-state index is 0.308. The van der Waals surface area contributed by atoms with Crippen LogP contribution in [0.25, 0.3) is 0 Å². The van der Waals surface area contributed by atoms with Gasteiger partial charge in [-0.2, -0.15) is 0 Å². The number of hydrogen-bond acceptors (Lipinski definition) is 3. The molecular formula is C14H15N3S. The third-order valence-corrected chi connectivity index (χ3v) is 2.80. The van der Waals surface area contributed by atoms with Gasteiger partial charge in [0.1, 0.15) is 10.7 Å². The van der Waals surface area contributed by atoms with E-state index in [-0.39, 0.29) is 0 Å². The molecule has 0 aliphatic carbocycles. The molecular weight excluding hydrogens is 242 g/mol. The van der Waals surface area contributed by atoms with E-state index in [1.54, 1.807) is 6.20 Å². The normalized spacial score (nSPS) is 10.1. The van der Waals surface area contributed by atoms with Crippen molar-refractivity contribution in [2.45, 2.75) is 13.5 Å². The van der Waals surface area contributed by atoms with Crippen molar-refractivity contribution < 1.29 is 0 Å². The van der Waals surface area contributed by atoms with Crippen LogP contribution in [0.15, 0.2) is 42.6 Å². The topological polar surface area (TPSA) is 50.9 Å². The zero-order valence-electron chi connectivity index (χ0n) is 10.2. The number of hydrogen-bond donors (Lipinski definition) is 2. The summed E-state index contributed by atoms with van der Waals surface area (Å²) in [5, 5.41) is 3.31. The van der Waals surface area contributed by atoms with Crippen LogP contribution in [0.1, 0.15) is 16.8 Å². The third-order valence-electron chi connectivity index (χ3n) is 2.61. The highest BCUT2D eigenvalue weighted by Gasteiger charge is 2.05. The Morgan fingerprint density at radius 2 is 2.17 bits per heavy atom. The Morgan fingerprint density at radius 1 is 1.33 bits per heavy atom. The van der Waals surface area contributed by atoms with Gasteiger partial charge >= 0.3 is 0 Å². The first-order chi connectivity index (χ1) is 8.66. The van der Waals surface area contributed by atoms with Crippen molar-refractivity contribution in [3.05, 3.63) is 59.4 Å². The lowest BCUT2D eigenvalue weighted by atomic mass is 10.1. The highest BCUT2D eigenvalue weighted by atomic mass is 32.1. The smallest absolute Gasteiger partial charge is 0.124 e. The number of nitrogens with one attached hydrogen (secondary N) is 1. The Labute approximate surface area is 112 Å². The number of aromatic nitrogens is 1. The van der Waals surface area contributed by atoms with Gasteiger partial charge in [0, 0.05) is 12.7 Å². The molecule has 0 saturated heterocycles. The minimum Gasteiger partial charge on any atom is -0.388 e. The van der Waals surface area contributed by atoms with Gasteiger partial charge in [-0.25, -0.2) is 0 Å². The van der Waals surface area contributed by atoms with Crippen LogP contribution in [-0.2, 0) is 6.54 Å². The fourth-order valence-electron chi connectivity index (χ4n) is 1.76. The molecule has 1 aromatic carbocycles. The molecule has 0 radical (unpaired) electrons. The lowest BCUT2D eigenvalue weighted by Gasteiger charge is -2.10. The summed E-state index contributed by atoms with van der Waals surface area (Å²) in [5.74, 6) is 0. The van der Waals surface area contributed by atoms with E-state index in [9.17, 15) is 0 Å². The number of anilines is 1. The summed E-state index contributed by atoms with van der Waals surface area (Å²) in [6, 6.07) is 12.1. The van der Waals surface area contributed by atoms with Crippen LogP contribution in [0, 0.1) is 6.92 Å². The summed E-state index contributed by atoms with van der Waals surface area (Å²) in [6.45, 7) is 2.80. The van der Waals surface area contributed by atoms with Crippen molar-refractivity contribution in [1.82, 2.24) is 4.98 Å². The maximum Gasteiger partial charge on any atom is 0.124 e. The molecule has 4 heteroatoms. The predicted molar refractivity (Wildman–Crippen MR) is 78.6 cm³/mol. The van der Waals surface area contributed by atoms with Gasteiger partial charge in [-0.05, 0) is 24.6 Å². The first kappa shape index (κ1) is 12.5. The second-order valence-electron chi connectivity index (χ2n) is 4.11. The van der Waals surface area contributed by atoms with E-state index in [4.69, 9.17) is 18.0 Å². The van der Waals surface area contributed by atoms with Gasteiger partial charge in [0.05, 0.1) is 5.69 Å². The summed E-state index contributed by atoms with van der Waals surface area (Å²) < 4.78 is 0. The fraction of sp³-hybridized carbons (Fsp3) is 0.143. The van der Waals surface area contributed by atoms with E-state index >= 15 is 0 Å². The Kier molecular flexibility index (Phi) is 3.89. The van der Waals surface area contributed by atoms with Crippen LogP contribution in [0.3, 0.4) is 0 Å². The van der Waals surface area contributed by atoms with Crippen molar-refractivity contribution in [2.24, 2.45) is 5.73 Å². The van der Waals surface area contributed by atoms with Crippen molar-refractivity contribution in [1.29, 1.82) is 0 Å². The summed E-state index contributed by atoms with van der Waals surface area (Å²) in [6.07, 6.45) is 1.69. The van der Waals surface area contributed by atoms with Gasteiger partial charge in [0.15, 0.2) is 0 Å². The van der Waals surface area contributed by atoms with Gasteiger partial charge < -0.3 is 11.1 Å². The summed E-state index contributed by atoms with van der Waals surface area (Å²) in [5.41, 5.74) is 9.60. The van der Waals surface area contributed by atoms with E-state index in [0.29, 0.717) is 10.7 Å². The molecule has 0 aliphatic heterocycles. The molecule has 0 fully saturated rings. The number of pyridine rings is 1. The van der Waals surface area contributed by atoms with Gasteiger partial charge in [0.25, 0.3) is 0 Å². The molecule has 0 bridgehead atoms. The van der Waals surface area contributed by atoms with Gasteiger partial charge in [-0.15, -0.1) is 0 Å². The lowest BCUT2D eigenvalue weighted by molar-refractivity contribution is 1.12. The molecule has 2 aromatic rings. The first-order valence-electron chi connectivity index (χ1n) is 5.71. The highest BCUT2D eigenvalue weighted by molar-refractivity contribution is 7.80. The molecule has 0 spiro atoms. The average Bonchev–Trinajstić information content (AvgIpc) is 2.37. The largest absolute Gasteiger partial charge is 0.388 e. The van der Waals surface area contributed by atoms with Crippen molar-refractivity contribution in [2.75, 3.05) is 5.32 Å². The van der Waals surface area contributed by atoms with E-state index in [2.05, 4.69) is 35.4 Å². The SMILES string of the molecule is Cc1cccc(CNc2cccnc2C(N)=S)c1. The molecule has 0 saturated carbocycles. The standard InChI is InChI=1S/C14H15N3S/c1-10-4-2-5-11(8-10)9-17-12-6-3-7-16-13(12)14(15)18/h2-8,17H,9H2,1H3,(H2,15,18). The van der Waals surface area contributed by atoms with Crippen LogP contribution in [0.2, 0.25) is 0 Å². The van der Waals surface area contributed by atoms with E-state index in [0.717, 1.165) is 12.2 Å². The minimum atomic E-state index is 0.308. The summed E-state index contributed by atoms with van der Waals surface area (Å²) >= 11 is 4.98. The van der Waals surface area contributed by atoms with Crippen molar-refractivity contribution in [3.63, 3.8) is 0 Å². The Morgan fingerprint density at radius 3 is 2.89 bits per heavy atom. The molecule has 0 atom stereocenters. The van der Waals surface area contributed by atoms with E-state index in [1.807, 2.05) is 18.2 Å². The van der Waals surface area contributed by atoms with Crippen LogP contribution < -0.4 is 11.1 Å². The molecule has 0 unspecified atom stereocenters. The molecule has 2 rings (SSSR count). The molecule has 1 heterocycles. The number of nitrogens with two attached hydrogens (primary N) is 1. The summed E-state index contributed by atoms with van der Waals surface area (Å²) in [4.78, 5) is 4.49. The molecule has 0 aliphatic rings. The number of benzene rings is 1. The molecule has 1 aromatic heterocycles. The Balaban J connectivity index is 2.13. The van der Waals surface area contributed by atoms with Crippen LogP contribution in [0.5, 0.6) is 0 Å². The second-order valence-corrected chi connectivity index (χ2v) is 4.55. The van der Waals surface area contributed by atoms with Crippen LogP contribution in [0.4, 0.5) is 5.69 Å². The van der Waals surface area contributed by atoms with Crippen LogP contribution in [-0.4, -0.2) is 9.97 Å². The number of aryl methyl sites for hydroxylation is 1. The van der Waals surface area contributed by atoms with E-state index in [1.165, 1.54) is 11.1 Å². The Hall–Kier alpha value is -1.94. The Bertz CT molecular complexity index is 566. The first-order valence-corrected chi connectivity index (χ1v) is 6.12. The van der Waals surface area contributed by atoms with E-state index < -0.39 is 0 Å². The second kappa shape index (κ2) is 5.60. The zero-order chi connectivity index (χ0) is 13.0. The van der Waals surface area contributed by atoms with Gasteiger partial charge in [0.2, 0.25) is 0 Å². The van der Waals surface area contributed by atoms with Crippen LogP contribution >= 0.6 is 12.2 Å². The number of nitrogens with zero attached hydrogens (tertiary/aromatic N) is 1. The summed E-state index contributed by atoms with van der Waals surface area (Å²) in [7, 11) is 0. The monoisotopic (exact) mass is 257 g/mol. The third kappa shape index (κ3) is 3.05. The zero-order valence-corrected chi connectivity index (χ0v) is 11.0. The van der Waals surface area contributed by atoms with Crippen molar-refractivity contribution in [3.8, 4) is 0 Å². The van der Waals surface area contributed by atoms with Crippen molar-refractivity contribution >= 4 is 22.9 Å². The average molecular weight is 257 g/mol. The molecule has 3 N–H and O–H groups in total. The molecule has 92 valence electrons.